The van der Waals surface area contributed by atoms with Gasteiger partial charge in [-0.25, -0.2) is 49.4 Å². The Morgan fingerprint density at radius 1 is 0.583 bits per heavy atom. The highest BCUT2D eigenvalue weighted by molar-refractivity contribution is 6.91. The van der Waals surface area contributed by atoms with Crippen molar-refractivity contribution in [1.82, 2.24) is 4.90 Å². The molecule has 0 radical (unpaired) electrons. The quantitative estimate of drug-likeness (QED) is 0.208. The van der Waals surface area contributed by atoms with Crippen LogP contribution in [0.15, 0.2) is 11.7 Å². The highest BCUT2D eigenvalue weighted by Crippen LogP contribution is 2.39. The Balaban J connectivity index is 2.45. The Bertz CT molecular complexity index is 1110. The van der Waals surface area contributed by atoms with Crippen LogP contribution in [0.3, 0.4) is 0 Å². The lowest BCUT2D eigenvalue weighted by Crippen LogP contribution is -2.57. The molecule has 1 heterocycles. The number of nitrogens with zero attached hydrogens (tertiary/aromatic N) is 1. The van der Waals surface area contributed by atoms with Crippen molar-refractivity contribution in [3.05, 3.63) is 69.8 Å². The summed E-state index contributed by atoms with van der Waals surface area (Å²) >= 11 is 0. The van der Waals surface area contributed by atoms with E-state index in [2.05, 4.69) is 0 Å². The third kappa shape index (κ3) is 4.36. The molecular weight excluding hydrogens is 503 g/mol. The number of benzene rings is 2. The topological polar surface area (TPSA) is 3.24 Å². The lowest BCUT2D eigenvalue weighted by atomic mass is 9.36. The highest BCUT2D eigenvalue weighted by atomic mass is 19.2. The molecular formula is C24H23BF10N-. The summed E-state index contributed by atoms with van der Waals surface area (Å²) in [5.74, 6) is -24.3. The molecule has 1 aliphatic heterocycles. The average Bonchev–Trinajstić information content (AvgIpc) is 2.80. The molecule has 0 aromatic heterocycles. The van der Waals surface area contributed by atoms with Crippen LogP contribution in [-0.2, 0) is 0 Å². The monoisotopic (exact) mass is 526 g/mol. The zero-order valence-corrected chi connectivity index (χ0v) is 20.1. The van der Waals surface area contributed by atoms with Crippen molar-refractivity contribution in [1.29, 1.82) is 0 Å². The zero-order chi connectivity index (χ0) is 27.5. The van der Waals surface area contributed by atoms with Gasteiger partial charge in [0.2, 0.25) is 0 Å². The molecule has 1 nitrogen and oxygen atoms in total. The number of piperidine rings is 1. The Morgan fingerprint density at radius 2 is 0.861 bits per heavy atom. The van der Waals surface area contributed by atoms with Crippen LogP contribution >= 0.6 is 0 Å². The fourth-order valence-electron chi connectivity index (χ4n) is 5.33. The normalized spacial score (nSPS) is 17.8. The summed E-state index contributed by atoms with van der Waals surface area (Å²) in [5.41, 5.74) is -4.89. The van der Waals surface area contributed by atoms with E-state index in [9.17, 15) is 43.9 Å². The fourth-order valence-corrected chi connectivity index (χ4v) is 5.33. The van der Waals surface area contributed by atoms with Gasteiger partial charge in [0.25, 0.3) is 0 Å². The van der Waals surface area contributed by atoms with Crippen LogP contribution < -0.4 is 10.9 Å². The summed E-state index contributed by atoms with van der Waals surface area (Å²) in [7, 11) is 0. The lowest BCUT2D eigenvalue weighted by molar-refractivity contribution is 0.0187. The van der Waals surface area contributed by atoms with Gasteiger partial charge in [-0.1, -0.05) is 6.92 Å². The molecule has 0 spiro atoms. The van der Waals surface area contributed by atoms with Gasteiger partial charge in [0.05, 0.1) is 6.71 Å². The minimum absolute atomic E-state index is 0.329. The second-order valence-corrected chi connectivity index (χ2v) is 10.5. The molecule has 36 heavy (non-hydrogen) atoms. The Labute approximate surface area is 201 Å². The fraction of sp³-hybridized carbons (Fsp3) is 0.417. The van der Waals surface area contributed by atoms with E-state index >= 15 is 0 Å². The van der Waals surface area contributed by atoms with Gasteiger partial charge in [-0.3, -0.25) is 0 Å². The molecule has 198 valence electrons. The summed E-state index contributed by atoms with van der Waals surface area (Å²) in [6.07, 6.45) is 3.26. The lowest BCUT2D eigenvalue weighted by Gasteiger charge is -2.54. The molecule has 0 aliphatic carbocycles. The van der Waals surface area contributed by atoms with Crippen LogP contribution in [-0.4, -0.2) is 22.7 Å². The molecule has 0 bridgehead atoms. The molecule has 2 aromatic carbocycles. The Morgan fingerprint density at radius 3 is 1.17 bits per heavy atom. The highest BCUT2D eigenvalue weighted by Gasteiger charge is 2.40. The molecule has 2 aromatic rings. The van der Waals surface area contributed by atoms with Gasteiger partial charge in [-0.2, -0.15) is 0 Å². The first-order chi connectivity index (χ1) is 16.5. The smallest absolute Gasteiger partial charge is 0.200 e. The number of likely N-dealkylation sites (tertiary alicyclic amines) is 1. The summed E-state index contributed by atoms with van der Waals surface area (Å²) in [6, 6.07) is 0. The first-order valence-electron chi connectivity index (χ1n) is 11.2. The number of hydrogen-bond acceptors (Lipinski definition) is 1. The van der Waals surface area contributed by atoms with E-state index in [-0.39, 0.29) is 5.47 Å². The van der Waals surface area contributed by atoms with E-state index in [4.69, 9.17) is 0 Å². The summed E-state index contributed by atoms with van der Waals surface area (Å²) in [4.78, 5) is 1.71. The third-order valence-corrected chi connectivity index (χ3v) is 7.10. The minimum atomic E-state index is -3.73. The van der Waals surface area contributed by atoms with E-state index in [1.54, 1.807) is 32.6 Å². The molecule has 0 unspecified atom stereocenters. The van der Waals surface area contributed by atoms with Crippen LogP contribution in [0, 0.1) is 58.2 Å². The second kappa shape index (κ2) is 9.34. The van der Waals surface area contributed by atoms with Crippen molar-refractivity contribution >= 4 is 17.6 Å². The largest absolute Gasteiger partial charge is 0.371 e. The number of halogens is 10. The van der Waals surface area contributed by atoms with Crippen LogP contribution in [0.1, 0.15) is 53.9 Å². The predicted molar refractivity (Wildman–Crippen MR) is 116 cm³/mol. The predicted octanol–water partition coefficient (Wildman–Crippen LogP) is 5.91. The molecule has 1 fully saturated rings. The van der Waals surface area contributed by atoms with Gasteiger partial charge >= 0.3 is 0 Å². The van der Waals surface area contributed by atoms with Crippen molar-refractivity contribution in [2.75, 3.05) is 0 Å². The van der Waals surface area contributed by atoms with Crippen LogP contribution in [0.4, 0.5) is 43.9 Å². The maximum absolute atomic E-state index is 14.9. The molecule has 1 saturated heterocycles. The molecule has 12 heteroatoms. The van der Waals surface area contributed by atoms with Crippen molar-refractivity contribution < 1.29 is 43.9 Å². The van der Waals surface area contributed by atoms with Gasteiger partial charge in [0.1, 0.15) is 23.3 Å². The van der Waals surface area contributed by atoms with E-state index < -0.39 is 86.9 Å². The van der Waals surface area contributed by atoms with Crippen molar-refractivity contribution in [2.24, 2.45) is 0 Å². The molecule has 3 rings (SSSR count). The molecule has 0 N–H and O–H groups in total. The number of hydrogen-bond donors (Lipinski definition) is 0. The van der Waals surface area contributed by atoms with E-state index in [1.165, 1.54) is 6.20 Å². The molecule has 0 saturated carbocycles. The van der Waals surface area contributed by atoms with Gasteiger partial charge < -0.3 is 4.90 Å². The summed E-state index contributed by atoms with van der Waals surface area (Å²) in [6.45, 7) is 4.58. The van der Waals surface area contributed by atoms with Gasteiger partial charge in [-0.15, -0.1) is 10.9 Å². The van der Waals surface area contributed by atoms with Crippen molar-refractivity contribution in [3.63, 3.8) is 0 Å². The second-order valence-electron chi connectivity index (χ2n) is 10.5. The van der Waals surface area contributed by atoms with E-state index in [1.807, 2.05) is 0 Å². The average molecular weight is 526 g/mol. The summed E-state index contributed by atoms with van der Waals surface area (Å²) < 4.78 is 143. The zero-order valence-electron chi connectivity index (χ0n) is 20.1. The molecule has 1 aliphatic rings. The van der Waals surface area contributed by atoms with Crippen molar-refractivity contribution in [2.45, 2.75) is 65.0 Å². The third-order valence-electron chi connectivity index (χ3n) is 7.10. The van der Waals surface area contributed by atoms with E-state index in [0.717, 1.165) is 13.3 Å². The Kier molecular flexibility index (Phi) is 7.24. The van der Waals surface area contributed by atoms with Gasteiger partial charge in [0.15, 0.2) is 34.9 Å². The summed E-state index contributed by atoms with van der Waals surface area (Å²) in [5, 5.41) is 0. The SMILES string of the molecule is C/C(=C/N1C(C)(C)CCCC1(C)C)[BH-](c1c(F)c(F)c(F)c(F)c1F)c1c(F)c(F)c(F)c(F)c1F. The maximum Gasteiger partial charge on any atom is 0.200 e. The number of rotatable bonds is 4. The first kappa shape index (κ1) is 27.9. The van der Waals surface area contributed by atoms with Gasteiger partial charge in [0, 0.05) is 11.1 Å². The van der Waals surface area contributed by atoms with Crippen LogP contribution in [0.2, 0.25) is 0 Å². The standard InChI is InChI=1S/C24H23BF10N/c1-10(9-36-23(2,3)7-6-8-24(36,4)5)25(11-13(26)17(30)21(34)18(31)14(11)27)12-15(28)19(32)22(35)20(33)16(12)29/h9,25H,6-8H2,1-5H3/q-1/b10-9-. The Hall–Kier alpha value is -2.66. The van der Waals surface area contributed by atoms with Crippen molar-refractivity contribution in [3.8, 4) is 0 Å². The first-order valence-corrected chi connectivity index (χ1v) is 11.2. The minimum Gasteiger partial charge on any atom is -0.371 e. The van der Waals surface area contributed by atoms with Crippen LogP contribution in [0.5, 0.6) is 0 Å². The van der Waals surface area contributed by atoms with Gasteiger partial charge in [-0.05, 0) is 53.2 Å². The van der Waals surface area contributed by atoms with E-state index in [0.29, 0.717) is 12.8 Å². The maximum atomic E-state index is 14.9. The van der Waals surface area contributed by atoms with Crippen LogP contribution in [0.25, 0.3) is 0 Å². The number of allylic oxidation sites excluding steroid dienone is 1. The molecule has 0 amide bonds. The molecule has 0 atom stereocenters.